The minimum absolute atomic E-state index is 0.0956. The molecule has 2 atom stereocenters. The van der Waals surface area contributed by atoms with E-state index in [-0.39, 0.29) is 18.1 Å². The van der Waals surface area contributed by atoms with Crippen LogP contribution >= 0.6 is 15.9 Å². The molecule has 1 amide bonds. The summed E-state index contributed by atoms with van der Waals surface area (Å²) in [6, 6.07) is 3.81. The van der Waals surface area contributed by atoms with E-state index in [2.05, 4.69) is 20.9 Å². The fourth-order valence-corrected chi connectivity index (χ4v) is 3.24. The van der Waals surface area contributed by atoms with E-state index >= 15 is 0 Å². The monoisotopic (exact) mass is 310 g/mol. The lowest BCUT2D eigenvalue weighted by molar-refractivity contribution is -0.0445. The SMILES string of the molecule is O=C(c1ccnc(Br)c1)N1CCOC2CCCC21. The number of hydrogen-bond acceptors (Lipinski definition) is 3. The van der Waals surface area contributed by atoms with Gasteiger partial charge in [0, 0.05) is 18.3 Å². The molecule has 0 N–H and O–H groups in total. The van der Waals surface area contributed by atoms with Gasteiger partial charge in [0.2, 0.25) is 0 Å². The predicted molar refractivity (Wildman–Crippen MR) is 70.4 cm³/mol. The highest BCUT2D eigenvalue weighted by Crippen LogP contribution is 2.30. The van der Waals surface area contributed by atoms with Gasteiger partial charge in [0.15, 0.2) is 0 Å². The van der Waals surface area contributed by atoms with Crippen LogP contribution in [0.25, 0.3) is 0 Å². The molecule has 2 heterocycles. The number of ether oxygens (including phenoxy) is 1. The second-order valence-corrected chi connectivity index (χ2v) is 5.59. The van der Waals surface area contributed by atoms with Crippen molar-refractivity contribution in [3.8, 4) is 0 Å². The standard InChI is InChI=1S/C13H15BrN2O2/c14-12-8-9(4-5-15-12)13(17)16-6-7-18-11-3-1-2-10(11)16/h4-5,8,10-11H,1-3,6-7H2. The summed E-state index contributed by atoms with van der Waals surface area (Å²) in [7, 11) is 0. The molecule has 5 heteroatoms. The number of aromatic nitrogens is 1. The summed E-state index contributed by atoms with van der Waals surface area (Å²) in [5.41, 5.74) is 0.699. The average molecular weight is 311 g/mol. The summed E-state index contributed by atoms with van der Waals surface area (Å²) in [6.45, 7) is 1.35. The van der Waals surface area contributed by atoms with Gasteiger partial charge in [0.05, 0.1) is 18.8 Å². The molecular formula is C13H15BrN2O2. The Morgan fingerprint density at radius 1 is 1.50 bits per heavy atom. The van der Waals surface area contributed by atoms with E-state index in [1.807, 2.05) is 4.90 Å². The van der Waals surface area contributed by atoms with E-state index in [9.17, 15) is 4.79 Å². The van der Waals surface area contributed by atoms with Crippen molar-refractivity contribution in [3.63, 3.8) is 0 Å². The van der Waals surface area contributed by atoms with Crippen molar-refractivity contribution >= 4 is 21.8 Å². The molecule has 4 nitrogen and oxygen atoms in total. The first-order valence-corrected chi connectivity index (χ1v) is 7.09. The van der Waals surface area contributed by atoms with Crippen molar-refractivity contribution in [3.05, 3.63) is 28.5 Å². The van der Waals surface area contributed by atoms with Crippen LogP contribution in [0.1, 0.15) is 29.6 Å². The summed E-state index contributed by atoms with van der Waals surface area (Å²) >= 11 is 3.30. The highest BCUT2D eigenvalue weighted by molar-refractivity contribution is 9.10. The number of carbonyl (C=O) groups is 1. The van der Waals surface area contributed by atoms with E-state index in [1.54, 1.807) is 18.3 Å². The Labute approximate surface area is 114 Å². The molecule has 1 aliphatic carbocycles. The Morgan fingerprint density at radius 3 is 3.22 bits per heavy atom. The Kier molecular flexibility index (Phi) is 3.35. The van der Waals surface area contributed by atoms with E-state index in [1.165, 1.54) is 0 Å². The summed E-state index contributed by atoms with van der Waals surface area (Å²) in [5.74, 6) is 0.0956. The van der Waals surface area contributed by atoms with Gasteiger partial charge in [-0.3, -0.25) is 4.79 Å². The largest absolute Gasteiger partial charge is 0.374 e. The first-order chi connectivity index (χ1) is 8.75. The third kappa shape index (κ3) is 2.17. The fraction of sp³-hybridized carbons (Fsp3) is 0.538. The molecule has 1 saturated heterocycles. The molecular weight excluding hydrogens is 296 g/mol. The maximum Gasteiger partial charge on any atom is 0.254 e. The molecule has 0 aromatic carbocycles. The van der Waals surface area contributed by atoms with Gasteiger partial charge in [-0.25, -0.2) is 4.98 Å². The topological polar surface area (TPSA) is 42.4 Å². The van der Waals surface area contributed by atoms with Gasteiger partial charge in [-0.15, -0.1) is 0 Å². The zero-order valence-corrected chi connectivity index (χ0v) is 11.6. The van der Waals surface area contributed by atoms with Crippen molar-refractivity contribution in [1.29, 1.82) is 0 Å². The maximum atomic E-state index is 12.5. The molecule has 0 spiro atoms. The van der Waals surface area contributed by atoms with Gasteiger partial charge >= 0.3 is 0 Å². The second-order valence-electron chi connectivity index (χ2n) is 4.77. The number of pyridine rings is 1. The van der Waals surface area contributed by atoms with Crippen molar-refractivity contribution in [2.24, 2.45) is 0 Å². The van der Waals surface area contributed by atoms with Crippen LogP contribution in [0, 0.1) is 0 Å². The summed E-state index contributed by atoms with van der Waals surface area (Å²) in [6.07, 6.45) is 5.19. The number of morpholine rings is 1. The van der Waals surface area contributed by atoms with Crippen LogP contribution < -0.4 is 0 Å². The third-order valence-electron chi connectivity index (χ3n) is 3.72. The second kappa shape index (κ2) is 4.97. The van der Waals surface area contributed by atoms with Gasteiger partial charge in [-0.2, -0.15) is 0 Å². The molecule has 1 aliphatic heterocycles. The highest BCUT2D eigenvalue weighted by atomic mass is 79.9. The van der Waals surface area contributed by atoms with Crippen LogP contribution in [-0.2, 0) is 4.74 Å². The van der Waals surface area contributed by atoms with E-state index in [0.717, 1.165) is 19.3 Å². The molecule has 1 aromatic heterocycles. The lowest BCUT2D eigenvalue weighted by Gasteiger charge is -2.37. The Morgan fingerprint density at radius 2 is 2.39 bits per heavy atom. The van der Waals surface area contributed by atoms with Crippen LogP contribution in [0.5, 0.6) is 0 Å². The van der Waals surface area contributed by atoms with E-state index in [4.69, 9.17) is 4.74 Å². The van der Waals surface area contributed by atoms with Crippen molar-refractivity contribution in [1.82, 2.24) is 9.88 Å². The van der Waals surface area contributed by atoms with Gasteiger partial charge in [-0.1, -0.05) is 0 Å². The number of halogens is 1. The van der Waals surface area contributed by atoms with Crippen LogP contribution in [-0.4, -0.2) is 41.1 Å². The number of nitrogens with zero attached hydrogens (tertiary/aromatic N) is 2. The van der Waals surface area contributed by atoms with Gasteiger partial charge in [0.1, 0.15) is 4.60 Å². The minimum atomic E-state index is 0.0956. The molecule has 2 unspecified atom stereocenters. The smallest absolute Gasteiger partial charge is 0.254 e. The quantitative estimate of drug-likeness (QED) is 0.747. The number of hydrogen-bond donors (Lipinski definition) is 0. The molecule has 1 aromatic rings. The lowest BCUT2D eigenvalue weighted by atomic mass is 10.1. The van der Waals surface area contributed by atoms with Crippen molar-refractivity contribution < 1.29 is 9.53 Å². The highest BCUT2D eigenvalue weighted by Gasteiger charge is 2.38. The minimum Gasteiger partial charge on any atom is -0.374 e. The normalized spacial score (nSPS) is 27.1. The number of fused-ring (bicyclic) bond motifs is 1. The molecule has 96 valence electrons. The Balaban J connectivity index is 1.83. The number of rotatable bonds is 1. The summed E-state index contributed by atoms with van der Waals surface area (Å²) in [4.78, 5) is 18.5. The molecule has 2 aliphatic rings. The molecule has 18 heavy (non-hydrogen) atoms. The molecule has 3 rings (SSSR count). The maximum absolute atomic E-state index is 12.5. The van der Waals surface area contributed by atoms with Crippen molar-refractivity contribution in [2.75, 3.05) is 13.2 Å². The molecule has 1 saturated carbocycles. The van der Waals surface area contributed by atoms with E-state index in [0.29, 0.717) is 23.3 Å². The lowest BCUT2D eigenvalue weighted by Crippen LogP contribution is -2.51. The van der Waals surface area contributed by atoms with Crippen LogP contribution in [0.4, 0.5) is 0 Å². The Bertz CT molecular complexity index is 466. The van der Waals surface area contributed by atoms with Gasteiger partial charge < -0.3 is 9.64 Å². The molecule has 2 fully saturated rings. The Hall–Kier alpha value is -0.940. The predicted octanol–water partition coefficient (Wildman–Crippen LogP) is 2.24. The number of carbonyl (C=O) groups excluding carboxylic acids is 1. The van der Waals surface area contributed by atoms with Crippen molar-refractivity contribution in [2.45, 2.75) is 31.4 Å². The third-order valence-corrected chi connectivity index (χ3v) is 4.15. The molecule has 0 radical (unpaired) electrons. The van der Waals surface area contributed by atoms with Gasteiger partial charge in [-0.05, 0) is 47.3 Å². The zero-order chi connectivity index (χ0) is 12.5. The van der Waals surface area contributed by atoms with Gasteiger partial charge in [0.25, 0.3) is 5.91 Å². The first-order valence-electron chi connectivity index (χ1n) is 6.30. The fourth-order valence-electron chi connectivity index (χ4n) is 2.88. The number of amides is 1. The van der Waals surface area contributed by atoms with Crippen LogP contribution in [0.2, 0.25) is 0 Å². The molecule has 0 bridgehead atoms. The summed E-state index contributed by atoms with van der Waals surface area (Å²) in [5, 5.41) is 0. The zero-order valence-electron chi connectivity index (χ0n) is 10.0. The van der Waals surface area contributed by atoms with Crippen LogP contribution in [0.3, 0.4) is 0 Å². The average Bonchev–Trinajstić information content (AvgIpc) is 2.86. The van der Waals surface area contributed by atoms with Crippen LogP contribution in [0.15, 0.2) is 22.9 Å². The first kappa shape index (κ1) is 12.1. The summed E-state index contributed by atoms with van der Waals surface area (Å²) < 4.78 is 6.43. The van der Waals surface area contributed by atoms with E-state index < -0.39 is 0 Å².